The molecule has 0 radical (unpaired) electrons. The molecule has 1 heterocycles. The summed E-state index contributed by atoms with van der Waals surface area (Å²) in [4.78, 5) is 0. The maximum Gasteiger partial charge on any atom is 0.150 e. The first-order valence-electron chi connectivity index (χ1n) is 6.67. The lowest BCUT2D eigenvalue weighted by molar-refractivity contribution is 0.513. The van der Waals surface area contributed by atoms with E-state index >= 15 is 0 Å². The monoisotopic (exact) mass is 313 g/mol. The number of aromatic nitrogens is 2. The second kappa shape index (κ2) is 7.11. The SMILES string of the molecule is CCCNC(CC)c1nnc(-c2cc(Cl)ccc2F)s1. The van der Waals surface area contributed by atoms with Gasteiger partial charge in [0.1, 0.15) is 10.8 Å². The van der Waals surface area contributed by atoms with Gasteiger partial charge in [-0.05, 0) is 37.6 Å². The third-order valence-corrected chi connectivity index (χ3v) is 4.25. The first-order chi connectivity index (χ1) is 9.65. The Balaban J connectivity index is 2.25. The maximum atomic E-state index is 13.8. The van der Waals surface area contributed by atoms with E-state index in [0.29, 0.717) is 15.6 Å². The van der Waals surface area contributed by atoms with Gasteiger partial charge >= 0.3 is 0 Å². The Morgan fingerprint density at radius 1 is 1.35 bits per heavy atom. The summed E-state index contributed by atoms with van der Waals surface area (Å²) in [5.41, 5.74) is 0.409. The molecule has 6 heteroatoms. The van der Waals surface area contributed by atoms with Gasteiger partial charge in [-0.1, -0.05) is 36.8 Å². The molecule has 2 aromatic rings. The third-order valence-electron chi connectivity index (χ3n) is 2.95. The van der Waals surface area contributed by atoms with E-state index in [2.05, 4.69) is 29.4 Å². The minimum atomic E-state index is -0.327. The molecule has 0 aliphatic heterocycles. The fourth-order valence-electron chi connectivity index (χ4n) is 1.87. The molecule has 1 aromatic carbocycles. The minimum Gasteiger partial charge on any atom is -0.308 e. The summed E-state index contributed by atoms with van der Waals surface area (Å²) in [6.07, 6.45) is 1.98. The van der Waals surface area contributed by atoms with Crippen molar-refractivity contribution in [1.82, 2.24) is 15.5 Å². The standard InChI is InChI=1S/C14H17ClFN3S/c1-3-7-17-12(4-2)14-19-18-13(20-14)10-8-9(15)5-6-11(10)16/h5-6,8,12,17H,3-4,7H2,1-2H3. The highest BCUT2D eigenvalue weighted by molar-refractivity contribution is 7.14. The van der Waals surface area contributed by atoms with E-state index in [0.717, 1.165) is 24.4 Å². The molecule has 0 bridgehead atoms. The van der Waals surface area contributed by atoms with Gasteiger partial charge in [-0.15, -0.1) is 10.2 Å². The van der Waals surface area contributed by atoms with Gasteiger partial charge in [0.2, 0.25) is 0 Å². The number of rotatable bonds is 6. The fraction of sp³-hybridized carbons (Fsp3) is 0.429. The summed E-state index contributed by atoms with van der Waals surface area (Å²) in [7, 11) is 0. The van der Waals surface area contributed by atoms with Crippen LogP contribution in [0.25, 0.3) is 10.6 Å². The number of nitrogens with zero attached hydrogens (tertiary/aromatic N) is 2. The zero-order valence-corrected chi connectivity index (χ0v) is 13.1. The van der Waals surface area contributed by atoms with Crippen LogP contribution in [-0.2, 0) is 0 Å². The van der Waals surface area contributed by atoms with Gasteiger partial charge in [0.15, 0.2) is 5.01 Å². The zero-order chi connectivity index (χ0) is 14.5. The van der Waals surface area contributed by atoms with Gasteiger partial charge in [-0.2, -0.15) is 0 Å². The summed E-state index contributed by atoms with van der Waals surface area (Å²) in [6.45, 7) is 5.14. The third kappa shape index (κ3) is 3.53. The fourth-order valence-corrected chi connectivity index (χ4v) is 3.06. The highest BCUT2D eigenvalue weighted by Gasteiger charge is 2.17. The smallest absolute Gasteiger partial charge is 0.150 e. The van der Waals surface area contributed by atoms with Crippen LogP contribution in [0.3, 0.4) is 0 Å². The average Bonchev–Trinajstić information content (AvgIpc) is 2.92. The molecule has 2 rings (SSSR count). The molecule has 1 N–H and O–H groups in total. The molecule has 1 aromatic heterocycles. The van der Waals surface area contributed by atoms with Crippen molar-refractivity contribution in [3.8, 4) is 10.6 Å². The highest BCUT2D eigenvalue weighted by atomic mass is 35.5. The largest absolute Gasteiger partial charge is 0.308 e. The van der Waals surface area contributed by atoms with Crippen molar-refractivity contribution in [2.24, 2.45) is 0 Å². The van der Waals surface area contributed by atoms with E-state index < -0.39 is 0 Å². The molecule has 0 spiro atoms. The molecule has 0 aliphatic rings. The van der Waals surface area contributed by atoms with Crippen molar-refractivity contribution >= 4 is 22.9 Å². The van der Waals surface area contributed by atoms with Gasteiger partial charge < -0.3 is 5.32 Å². The van der Waals surface area contributed by atoms with E-state index in [-0.39, 0.29) is 11.9 Å². The number of hydrogen-bond donors (Lipinski definition) is 1. The van der Waals surface area contributed by atoms with E-state index in [1.165, 1.54) is 23.5 Å². The molecule has 0 saturated heterocycles. The second-order valence-corrected chi connectivity index (χ2v) is 5.93. The molecule has 0 saturated carbocycles. The molecule has 1 unspecified atom stereocenters. The van der Waals surface area contributed by atoms with Crippen molar-refractivity contribution in [2.45, 2.75) is 32.7 Å². The van der Waals surface area contributed by atoms with E-state index in [1.807, 2.05) is 0 Å². The molecule has 0 aliphatic carbocycles. The highest BCUT2D eigenvalue weighted by Crippen LogP contribution is 2.31. The summed E-state index contributed by atoms with van der Waals surface area (Å²) in [6, 6.07) is 4.64. The Labute approximate surface area is 127 Å². The lowest BCUT2D eigenvalue weighted by Gasteiger charge is -2.12. The number of nitrogens with one attached hydrogen (secondary N) is 1. The first-order valence-corrected chi connectivity index (χ1v) is 7.87. The van der Waals surface area contributed by atoms with Gasteiger partial charge in [0.05, 0.1) is 6.04 Å². The van der Waals surface area contributed by atoms with Gasteiger partial charge in [-0.3, -0.25) is 0 Å². The first kappa shape index (κ1) is 15.4. The molecule has 3 nitrogen and oxygen atoms in total. The summed E-state index contributed by atoms with van der Waals surface area (Å²) < 4.78 is 13.8. The normalized spacial score (nSPS) is 12.6. The van der Waals surface area contributed by atoms with Crippen LogP contribution in [-0.4, -0.2) is 16.7 Å². The lowest BCUT2D eigenvalue weighted by atomic mass is 10.2. The van der Waals surface area contributed by atoms with Crippen LogP contribution in [0.2, 0.25) is 5.02 Å². The van der Waals surface area contributed by atoms with Crippen molar-refractivity contribution < 1.29 is 4.39 Å². The molecule has 1 atom stereocenters. The second-order valence-electron chi connectivity index (χ2n) is 4.48. The van der Waals surface area contributed by atoms with Crippen molar-refractivity contribution in [1.29, 1.82) is 0 Å². The van der Waals surface area contributed by atoms with Crippen LogP contribution in [0.1, 0.15) is 37.7 Å². The Hall–Kier alpha value is -1.04. The predicted octanol–water partition coefficient (Wildman–Crippen LogP) is 4.45. The van der Waals surface area contributed by atoms with E-state index in [9.17, 15) is 4.39 Å². The molecular formula is C14H17ClFN3S. The Morgan fingerprint density at radius 3 is 2.85 bits per heavy atom. The number of halogens is 2. The topological polar surface area (TPSA) is 37.8 Å². The summed E-state index contributed by atoms with van der Waals surface area (Å²) in [5, 5.41) is 13.6. The van der Waals surface area contributed by atoms with Crippen molar-refractivity contribution in [3.05, 3.63) is 34.0 Å². The van der Waals surface area contributed by atoms with Crippen molar-refractivity contribution in [2.75, 3.05) is 6.54 Å². The van der Waals surface area contributed by atoms with E-state index in [1.54, 1.807) is 6.07 Å². The molecule has 108 valence electrons. The summed E-state index contributed by atoms with van der Waals surface area (Å²) >= 11 is 7.32. The maximum absolute atomic E-state index is 13.8. The number of hydrogen-bond acceptors (Lipinski definition) is 4. The molecule has 0 fully saturated rings. The van der Waals surface area contributed by atoms with Gasteiger partial charge in [0.25, 0.3) is 0 Å². The van der Waals surface area contributed by atoms with Crippen LogP contribution >= 0.6 is 22.9 Å². The zero-order valence-electron chi connectivity index (χ0n) is 11.5. The van der Waals surface area contributed by atoms with E-state index in [4.69, 9.17) is 11.6 Å². The predicted molar refractivity (Wildman–Crippen MR) is 81.6 cm³/mol. The molecule has 0 amide bonds. The van der Waals surface area contributed by atoms with Gasteiger partial charge in [0, 0.05) is 10.6 Å². The Kier molecular flexibility index (Phi) is 5.46. The van der Waals surface area contributed by atoms with Crippen LogP contribution in [0.4, 0.5) is 4.39 Å². The average molecular weight is 314 g/mol. The van der Waals surface area contributed by atoms with Crippen LogP contribution in [0.15, 0.2) is 18.2 Å². The Bertz CT molecular complexity index is 573. The number of benzene rings is 1. The minimum absolute atomic E-state index is 0.170. The molecular weight excluding hydrogens is 297 g/mol. The van der Waals surface area contributed by atoms with Crippen LogP contribution in [0, 0.1) is 5.82 Å². The van der Waals surface area contributed by atoms with Crippen LogP contribution < -0.4 is 5.32 Å². The van der Waals surface area contributed by atoms with Crippen LogP contribution in [0.5, 0.6) is 0 Å². The molecule has 20 heavy (non-hydrogen) atoms. The van der Waals surface area contributed by atoms with Gasteiger partial charge in [-0.25, -0.2) is 4.39 Å². The lowest BCUT2D eigenvalue weighted by Crippen LogP contribution is -2.21. The van der Waals surface area contributed by atoms with Crippen molar-refractivity contribution in [3.63, 3.8) is 0 Å². The summed E-state index contributed by atoms with van der Waals surface area (Å²) in [5.74, 6) is -0.327. The quantitative estimate of drug-likeness (QED) is 0.856. The Morgan fingerprint density at radius 2 is 2.15 bits per heavy atom.